The molecule has 0 atom stereocenters. The van der Waals surface area contributed by atoms with Gasteiger partial charge in [-0.15, -0.1) is 0 Å². The summed E-state index contributed by atoms with van der Waals surface area (Å²) in [6.07, 6.45) is 5.04. The van der Waals surface area contributed by atoms with Gasteiger partial charge in [0.15, 0.2) is 0 Å². The van der Waals surface area contributed by atoms with Crippen molar-refractivity contribution in [3.05, 3.63) is 22.8 Å². The van der Waals surface area contributed by atoms with E-state index >= 15 is 0 Å². The molecule has 4 nitrogen and oxygen atoms in total. The van der Waals surface area contributed by atoms with Crippen molar-refractivity contribution in [1.29, 1.82) is 0 Å². The quantitative estimate of drug-likeness (QED) is 0.872. The van der Waals surface area contributed by atoms with E-state index in [2.05, 4.69) is 17.2 Å². The number of hydrogen-bond acceptors (Lipinski definition) is 3. The Morgan fingerprint density at radius 2 is 2.32 bits per heavy atom. The zero-order chi connectivity index (χ0) is 13.8. The Labute approximate surface area is 119 Å². The van der Waals surface area contributed by atoms with Crippen molar-refractivity contribution in [1.82, 2.24) is 9.88 Å². The van der Waals surface area contributed by atoms with E-state index in [1.807, 2.05) is 4.90 Å². The van der Waals surface area contributed by atoms with Gasteiger partial charge < -0.3 is 10.2 Å². The predicted molar refractivity (Wildman–Crippen MR) is 77.7 cm³/mol. The zero-order valence-electron chi connectivity index (χ0n) is 11.4. The van der Waals surface area contributed by atoms with Crippen LogP contribution < -0.4 is 5.32 Å². The summed E-state index contributed by atoms with van der Waals surface area (Å²) in [6.45, 7) is 3.74. The first kappa shape index (κ1) is 14.1. The summed E-state index contributed by atoms with van der Waals surface area (Å²) in [7, 11) is 1.76. The Hall–Kier alpha value is -1.29. The van der Waals surface area contributed by atoms with Crippen LogP contribution in [0.4, 0.5) is 5.82 Å². The average Bonchev–Trinajstić information content (AvgIpc) is 3.21. The minimum atomic E-state index is 0.0332. The molecule has 1 saturated carbocycles. The fourth-order valence-electron chi connectivity index (χ4n) is 2.08. The molecule has 0 bridgehead atoms. The molecule has 0 saturated heterocycles. The third kappa shape index (κ3) is 3.60. The molecule has 19 heavy (non-hydrogen) atoms. The third-order valence-corrected chi connectivity index (χ3v) is 3.57. The number of pyridine rings is 1. The Balaban J connectivity index is 2.12. The number of anilines is 1. The number of nitrogens with zero attached hydrogens (tertiary/aromatic N) is 2. The first-order valence-corrected chi connectivity index (χ1v) is 7.16. The average molecular weight is 282 g/mol. The summed E-state index contributed by atoms with van der Waals surface area (Å²) >= 11 is 6.08. The highest BCUT2D eigenvalue weighted by Crippen LogP contribution is 2.30. The Morgan fingerprint density at radius 3 is 2.84 bits per heavy atom. The van der Waals surface area contributed by atoms with Gasteiger partial charge >= 0.3 is 0 Å². The van der Waals surface area contributed by atoms with E-state index in [1.165, 1.54) is 12.8 Å². The molecule has 0 spiro atoms. The molecule has 1 aromatic heterocycles. The first-order valence-electron chi connectivity index (χ1n) is 6.78. The summed E-state index contributed by atoms with van der Waals surface area (Å²) in [5.41, 5.74) is 0.568. The zero-order valence-corrected chi connectivity index (χ0v) is 12.2. The Kier molecular flexibility index (Phi) is 4.64. The summed E-state index contributed by atoms with van der Waals surface area (Å²) < 4.78 is 0. The van der Waals surface area contributed by atoms with Gasteiger partial charge in [-0.05, 0) is 31.2 Å². The second kappa shape index (κ2) is 6.24. The van der Waals surface area contributed by atoms with Crippen LogP contribution in [0.5, 0.6) is 0 Å². The largest absolute Gasteiger partial charge is 0.372 e. The summed E-state index contributed by atoms with van der Waals surface area (Å²) in [5, 5.41) is 3.37. The molecular formula is C14H20ClN3O. The molecule has 1 fully saturated rings. The maximum atomic E-state index is 12.5. The van der Waals surface area contributed by atoms with Crippen molar-refractivity contribution >= 4 is 23.3 Å². The van der Waals surface area contributed by atoms with Crippen LogP contribution >= 0.6 is 11.6 Å². The van der Waals surface area contributed by atoms with Crippen molar-refractivity contribution in [2.24, 2.45) is 5.92 Å². The van der Waals surface area contributed by atoms with Crippen molar-refractivity contribution in [2.45, 2.75) is 26.2 Å². The van der Waals surface area contributed by atoms with E-state index in [1.54, 1.807) is 19.3 Å². The molecule has 1 amide bonds. The van der Waals surface area contributed by atoms with Gasteiger partial charge in [0.2, 0.25) is 0 Å². The van der Waals surface area contributed by atoms with Crippen molar-refractivity contribution in [3.63, 3.8) is 0 Å². The number of halogens is 1. The second-order valence-electron chi connectivity index (χ2n) is 5.00. The van der Waals surface area contributed by atoms with Gasteiger partial charge in [0.1, 0.15) is 5.82 Å². The van der Waals surface area contributed by atoms with Crippen molar-refractivity contribution < 1.29 is 4.79 Å². The van der Waals surface area contributed by atoms with E-state index in [0.717, 1.165) is 19.5 Å². The molecule has 2 rings (SSSR count). The molecule has 1 aromatic rings. The SMILES string of the molecule is CCCN(CC1CC1)C(=O)c1cnc(NC)c(Cl)c1. The number of aromatic nitrogens is 1. The van der Waals surface area contributed by atoms with E-state index in [0.29, 0.717) is 22.3 Å². The lowest BCUT2D eigenvalue weighted by atomic mass is 10.2. The number of carbonyl (C=O) groups excluding carboxylic acids is 1. The van der Waals surface area contributed by atoms with E-state index in [4.69, 9.17) is 11.6 Å². The van der Waals surface area contributed by atoms with Crippen LogP contribution in [0.1, 0.15) is 36.5 Å². The first-order chi connectivity index (χ1) is 9.15. The maximum absolute atomic E-state index is 12.5. The van der Waals surface area contributed by atoms with Crippen LogP contribution in [0.2, 0.25) is 5.02 Å². The predicted octanol–water partition coefficient (Wildman–Crippen LogP) is 3.04. The number of carbonyl (C=O) groups is 1. The molecule has 0 aromatic carbocycles. The van der Waals surface area contributed by atoms with Crippen LogP contribution in [0.15, 0.2) is 12.3 Å². The van der Waals surface area contributed by atoms with Gasteiger partial charge in [0, 0.05) is 26.3 Å². The van der Waals surface area contributed by atoms with Crippen molar-refractivity contribution in [3.8, 4) is 0 Å². The van der Waals surface area contributed by atoms with Gasteiger partial charge in [-0.25, -0.2) is 4.98 Å². The van der Waals surface area contributed by atoms with Crippen LogP contribution in [-0.4, -0.2) is 35.9 Å². The lowest BCUT2D eigenvalue weighted by Crippen LogP contribution is -2.33. The van der Waals surface area contributed by atoms with Crippen molar-refractivity contribution in [2.75, 3.05) is 25.5 Å². The number of amides is 1. The molecule has 1 N–H and O–H groups in total. The fraction of sp³-hybridized carbons (Fsp3) is 0.571. The molecule has 5 heteroatoms. The van der Waals surface area contributed by atoms with Gasteiger partial charge in [-0.1, -0.05) is 18.5 Å². The monoisotopic (exact) mass is 281 g/mol. The minimum Gasteiger partial charge on any atom is -0.372 e. The molecule has 0 aliphatic heterocycles. The summed E-state index contributed by atoms with van der Waals surface area (Å²) in [4.78, 5) is 18.5. The lowest BCUT2D eigenvalue weighted by molar-refractivity contribution is 0.0747. The summed E-state index contributed by atoms with van der Waals surface area (Å²) in [6, 6.07) is 1.69. The van der Waals surface area contributed by atoms with Crippen LogP contribution in [0.25, 0.3) is 0 Å². The second-order valence-corrected chi connectivity index (χ2v) is 5.41. The third-order valence-electron chi connectivity index (χ3n) is 3.28. The topological polar surface area (TPSA) is 45.2 Å². The molecular weight excluding hydrogens is 262 g/mol. The summed E-state index contributed by atoms with van der Waals surface area (Å²) in [5.74, 6) is 1.32. The fourth-order valence-corrected chi connectivity index (χ4v) is 2.34. The van der Waals surface area contributed by atoms with E-state index < -0.39 is 0 Å². The number of hydrogen-bond donors (Lipinski definition) is 1. The normalized spacial score (nSPS) is 14.3. The molecule has 1 aliphatic carbocycles. The van der Waals surface area contributed by atoms with E-state index in [-0.39, 0.29) is 5.91 Å². The van der Waals surface area contributed by atoms with E-state index in [9.17, 15) is 4.79 Å². The maximum Gasteiger partial charge on any atom is 0.255 e. The van der Waals surface area contributed by atoms with Gasteiger partial charge in [-0.3, -0.25) is 4.79 Å². The number of nitrogens with one attached hydrogen (secondary N) is 1. The Morgan fingerprint density at radius 1 is 1.58 bits per heavy atom. The van der Waals surface area contributed by atoms with Gasteiger partial charge in [0.25, 0.3) is 5.91 Å². The molecule has 1 heterocycles. The molecule has 0 radical (unpaired) electrons. The highest BCUT2D eigenvalue weighted by atomic mass is 35.5. The van der Waals surface area contributed by atoms with Crippen LogP contribution in [-0.2, 0) is 0 Å². The smallest absolute Gasteiger partial charge is 0.255 e. The highest BCUT2D eigenvalue weighted by molar-refractivity contribution is 6.33. The van der Waals surface area contributed by atoms with Crippen LogP contribution in [0.3, 0.4) is 0 Å². The number of rotatable bonds is 6. The molecule has 104 valence electrons. The highest BCUT2D eigenvalue weighted by Gasteiger charge is 2.27. The standard InChI is InChI=1S/C14H20ClN3O/c1-3-6-18(9-10-4-5-10)14(19)11-7-12(15)13(16-2)17-8-11/h7-8,10H,3-6,9H2,1-2H3,(H,16,17). The lowest BCUT2D eigenvalue weighted by Gasteiger charge is -2.22. The minimum absolute atomic E-state index is 0.0332. The molecule has 0 unspecified atom stereocenters. The Bertz CT molecular complexity index is 460. The van der Waals surface area contributed by atoms with Crippen LogP contribution in [0, 0.1) is 5.92 Å². The van der Waals surface area contributed by atoms with Gasteiger partial charge in [-0.2, -0.15) is 0 Å². The molecule has 1 aliphatic rings. The van der Waals surface area contributed by atoms with Gasteiger partial charge in [0.05, 0.1) is 10.6 Å².